The van der Waals surface area contributed by atoms with Crippen molar-refractivity contribution in [3.8, 4) is 23.0 Å². The molecule has 0 amide bonds. The minimum absolute atomic E-state index is 0.162. The Morgan fingerprint density at radius 2 is 1.50 bits per heavy atom. The zero-order valence-electron chi connectivity index (χ0n) is 18.8. The van der Waals surface area contributed by atoms with E-state index in [0.717, 1.165) is 29.3 Å². The fourth-order valence-corrected chi connectivity index (χ4v) is 3.22. The van der Waals surface area contributed by atoms with Gasteiger partial charge in [-0.2, -0.15) is 0 Å². The van der Waals surface area contributed by atoms with Crippen LogP contribution >= 0.6 is 0 Å². The van der Waals surface area contributed by atoms with Gasteiger partial charge in [-0.3, -0.25) is 0 Å². The van der Waals surface area contributed by atoms with Gasteiger partial charge >= 0.3 is 0 Å². The molecule has 8 heteroatoms. The van der Waals surface area contributed by atoms with Crippen LogP contribution in [0.1, 0.15) is 24.2 Å². The van der Waals surface area contributed by atoms with Crippen molar-refractivity contribution in [1.29, 1.82) is 0 Å². The number of hydrogen-bond acceptors (Lipinski definition) is 8. The summed E-state index contributed by atoms with van der Waals surface area (Å²) in [5, 5.41) is 13.2. The third-order valence-electron chi connectivity index (χ3n) is 4.89. The van der Waals surface area contributed by atoms with E-state index in [2.05, 4.69) is 10.3 Å². The number of ether oxygens (including phenoxy) is 4. The number of hydrogen-bond donors (Lipinski definition) is 2. The van der Waals surface area contributed by atoms with Gasteiger partial charge in [0.25, 0.3) is 0 Å². The van der Waals surface area contributed by atoms with Gasteiger partial charge in [-0.25, -0.2) is 9.97 Å². The van der Waals surface area contributed by atoms with Crippen LogP contribution in [0, 0.1) is 0 Å². The highest BCUT2D eigenvalue weighted by atomic mass is 16.5. The van der Waals surface area contributed by atoms with Crippen LogP contribution in [0.25, 0.3) is 23.1 Å². The second-order valence-corrected chi connectivity index (χ2v) is 6.99. The predicted octanol–water partition coefficient (Wildman–Crippen LogP) is 4.02. The first-order valence-electron chi connectivity index (χ1n) is 10.3. The average molecular weight is 440 g/mol. The Morgan fingerprint density at radius 1 is 0.812 bits per heavy atom. The highest BCUT2D eigenvalue weighted by Gasteiger charge is 2.12. The van der Waals surface area contributed by atoms with E-state index in [-0.39, 0.29) is 6.61 Å². The van der Waals surface area contributed by atoms with Crippen LogP contribution in [0.3, 0.4) is 0 Å². The summed E-state index contributed by atoms with van der Waals surface area (Å²) in [5.74, 6) is 3.83. The van der Waals surface area contributed by atoms with E-state index in [1.54, 1.807) is 28.4 Å². The Labute approximate surface area is 187 Å². The number of methoxy groups -OCH3 is 4. The Balaban J connectivity index is 2.01. The predicted molar refractivity (Wildman–Crippen MR) is 126 cm³/mol. The lowest BCUT2D eigenvalue weighted by molar-refractivity contribution is 0.286. The lowest BCUT2D eigenvalue weighted by atomic mass is 10.1. The number of unbranched alkanes of at least 4 members (excludes halogenated alkanes) is 1. The maximum absolute atomic E-state index is 9.05. The van der Waals surface area contributed by atoms with Crippen molar-refractivity contribution in [3.05, 3.63) is 41.7 Å². The molecule has 0 atom stereocenters. The van der Waals surface area contributed by atoms with Crippen LogP contribution in [0.2, 0.25) is 0 Å². The first-order chi connectivity index (χ1) is 15.6. The second-order valence-electron chi connectivity index (χ2n) is 6.99. The maximum Gasteiger partial charge on any atom is 0.162 e. The van der Waals surface area contributed by atoms with Crippen LogP contribution in [0.15, 0.2) is 30.3 Å². The van der Waals surface area contributed by atoms with Gasteiger partial charge in [-0.05, 0) is 42.7 Å². The molecule has 0 aliphatic carbocycles. The van der Waals surface area contributed by atoms with Gasteiger partial charge in [0.2, 0.25) is 0 Å². The van der Waals surface area contributed by atoms with E-state index >= 15 is 0 Å². The van der Waals surface area contributed by atoms with Crippen molar-refractivity contribution in [2.24, 2.45) is 0 Å². The SMILES string of the molecule is COc1cc(/C=C/c2nc(NCCCCO)c3cc(OC)c(OC)cc3n2)cc(OC)c1. The van der Waals surface area contributed by atoms with E-state index in [1.165, 1.54) is 0 Å². The van der Waals surface area contributed by atoms with E-state index < -0.39 is 0 Å². The van der Waals surface area contributed by atoms with E-state index in [4.69, 9.17) is 29.0 Å². The van der Waals surface area contributed by atoms with E-state index in [9.17, 15) is 0 Å². The summed E-state index contributed by atoms with van der Waals surface area (Å²) in [4.78, 5) is 9.39. The molecule has 1 heterocycles. The average Bonchev–Trinajstić information content (AvgIpc) is 2.83. The first-order valence-corrected chi connectivity index (χ1v) is 10.3. The minimum atomic E-state index is 0.162. The molecule has 0 fully saturated rings. The Morgan fingerprint density at radius 3 is 2.12 bits per heavy atom. The lowest BCUT2D eigenvalue weighted by Crippen LogP contribution is -2.07. The van der Waals surface area contributed by atoms with Crippen LogP contribution in [0.4, 0.5) is 5.82 Å². The molecule has 0 bridgehead atoms. The van der Waals surface area contributed by atoms with Crippen LogP contribution in [0.5, 0.6) is 23.0 Å². The second kappa shape index (κ2) is 11.2. The number of benzene rings is 2. The molecule has 0 saturated carbocycles. The molecule has 32 heavy (non-hydrogen) atoms. The highest BCUT2D eigenvalue weighted by Crippen LogP contribution is 2.34. The van der Waals surface area contributed by atoms with Gasteiger partial charge < -0.3 is 29.4 Å². The molecule has 0 spiro atoms. The molecular weight excluding hydrogens is 410 g/mol. The summed E-state index contributed by atoms with van der Waals surface area (Å²) in [6.45, 7) is 0.840. The fourth-order valence-electron chi connectivity index (χ4n) is 3.22. The zero-order valence-corrected chi connectivity index (χ0v) is 18.8. The number of nitrogens with zero attached hydrogens (tertiary/aromatic N) is 2. The molecule has 8 nitrogen and oxygen atoms in total. The van der Waals surface area contributed by atoms with E-state index in [1.807, 2.05) is 42.5 Å². The summed E-state index contributed by atoms with van der Waals surface area (Å²) in [7, 11) is 6.42. The molecule has 3 aromatic rings. The summed E-state index contributed by atoms with van der Waals surface area (Å²) in [5.41, 5.74) is 1.62. The van der Waals surface area contributed by atoms with Crippen molar-refractivity contribution in [1.82, 2.24) is 9.97 Å². The topological polar surface area (TPSA) is 95.0 Å². The third kappa shape index (κ3) is 5.59. The first kappa shape index (κ1) is 23.1. The monoisotopic (exact) mass is 439 g/mol. The van der Waals surface area contributed by atoms with Crippen LogP contribution in [-0.2, 0) is 0 Å². The van der Waals surface area contributed by atoms with E-state index in [0.29, 0.717) is 41.2 Å². The third-order valence-corrected chi connectivity index (χ3v) is 4.89. The lowest BCUT2D eigenvalue weighted by Gasteiger charge is -2.13. The van der Waals surface area contributed by atoms with Gasteiger partial charge in [0.15, 0.2) is 17.3 Å². The number of anilines is 1. The normalized spacial score (nSPS) is 11.0. The van der Waals surface area contributed by atoms with Crippen LogP contribution < -0.4 is 24.3 Å². The number of aliphatic hydroxyl groups is 1. The Kier molecular flexibility index (Phi) is 8.10. The molecule has 0 radical (unpaired) electrons. The summed E-state index contributed by atoms with van der Waals surface area (Å²) < 4.78 is 21.6. The summed E-state index contributed by atoms with van der Waals surface area (Å²) >= 11 is 0. The van der Waals surface area contributed by atoms with Crippen molar-refractivity contribution in [3.63, 3.8) is 0 Å². The highest BCUT2D eigenvalue weighted by molar-refractivity contribution is 5.92. The van der Waals surface area contributed by atoms with Gasteiger partial charge in [-0.1, -0.05) is 6.08 Å². The molecule has 0 saturated heterocycles. The van der Waals surface area contributed by atoms with Crippen molar-refractivity contribution in [2.75, 3.05) is 46.9 Å². The summed E-state index contributed by atoms with van der Waals surface area (Å²) in [6, 6.07) is 9.32. The van der Waals surface area contributed by atoms with Crippen LogP contribution in [-0.4, -0.2) is 56.7 Å². The van der Waals surface area contributed by atoms with Crippen molar-refractivity contribution >= 4 is 28.9 Å². The molecule has 2 aromatic carbocycles. The zero-order chi connectivity index (χ0) is 22.9. The van der Waals surface area contributed by atoms with Gasteiger partial charge in [0, 0.05) is 30.7 Å². The number of aliphatic hydroxyl groups excluding tert-OH is 1. The van der Waals surface area contributed by atoms with Crippen molar-refractivity contribution in [2.45, 2.75) is 12.8 Å². The fraction of sp³-hybridized carbons (Fsp3) is 0.333. The quantitative estimate of drug-likeness (QED) is 0.433. The maximum atomic E-state index is 9.05. The smallest absolute Gasteiger partial charge is 0.162 e. The number of fused-ring (bicyclic) bond motifs is 1. The number of nitrogens with one attached hydrogen (secondary N) is 1. The van der Waals surface area contributed by atoms with Gasteiger partial charge in [0.05, 0.1) is 34.0 Å². The molecule has 1 aromatic heterocycles. The van der Waals surface area contributed by atoms with Gasteiger partial charge in [-0.15, -0.1) is 0 Å². The molecule has 0 aliphatic rings. The number of rotatable bonds is 11. The molecule has 2 N–H and O–H groups in total. The van der Waals surface area contributed by atoms with Crippen molar-refractivity contribution < 1.29 is 24.1 Å². The largest absolute Gasteiger partial charge is 0.497 e. The molecule has 0 aliphatic heterocycles. The molecule has 170 valence electrons. The molecular formula is C24H29N3O5. The standard InChI is InChI=1S/C24H29N3O5/c1-29-17-11-16(12-18(13-17)30-2)7-8-23-26-20-15-22(32-4)21(31-3)14-19(20)24(27-23)25-9-5-6-10-28/h7-8,11-15,28H,5-6,9-10H2,1-4H3,(H,25,26,27)/b8-7+. The van der Waals surface area contributed by atoms with Gasteiger partial charge in [0.1, 0.15) is 17.3 Å². The molecule has 3 rings (SSSR count). The summed E-state index contributed by atoms with van der Waals surface area (Å²) in [6.07, 6.45) is 5.29. The number of aromatic nitrogens is 2. The Hall–Kier alpha value is -3.52. The molecule has 0 unspecified atom stereocenters. The Bertz CT molecular complexity index is 1060. The minimum Gasteiger partial charge on any atom is -0.497 e.